The molecule has 0 aromatic carbocycles. The van der Waals surface area contributed by atoms with E-state index in [2.05, 4.69) is 4.98 Å². The summed E-state index contributed by atoms with van der Waals surface area (Å²) >= 11 is 1.28. The Morgan fingerprint density at radius 1 is 1.71 bits per heavy atom. The molecule has 0 spiro atoms. The van der Waals surface area contributed by atoms with Crippen LogP contribution in [0.25, 0.3) is 0 Å². The number of primary amides is 1. The number of nitrogens with two attached hydrogens (primary N) is 1. The van der Waals surface area contributed by atoms with Gasteiger partial charge in [-0.2, -0.15) is 4.98 Å². The number of thioether (sulfide) groups is 1. The zero-order valence-electron chi connectivity index (χ0n) is 9.63. The topological polar surface area (TPSA) is 78.0 Å². The van der Waals surface area contributed by atoms with E-state index in [1.807, 2.05) is 11.5 Å². The fourth-order valence-electron chi connectivity index (χ4n) is 1.58. The molecule has 5 nitrogen and oxygen atoms in total. The number of nitrogens with zero attached hydrogens (tertiary/aromatic N) is 2. The van der Waals surface area contributed by atoms with Crippen molar-refractivity contribution in [2.75, 3.05) is 0 Å². The fraction of sp³-hybridized carbons (Fsp3) is 0.545. The van der Waals surface area contributed by atoms with Crippen LogP contribution in [0, 0.1) is 0 Å². The van der Waals surface area contributed by atoms with Crippen molar-refractivity contribution in [2.45, 2.75) is 42.6 Å². The lowest BCUT2D eigenvalue weighted by atomic mass is 10.3. The van der Waals surface area contributed by atoms with Crippen LogP contribution in [0.1, 0.15) is 32.2 Å². The van der Waals surface area contributed by atoms with Gasteiger partial charge in [0.15, 0.2) is 5.16 Å². The maximum Gasteiger partial charge on any atom is 0.273 e. The molecule has 1 heterocycles. The molecule has 1 fully saturated rings. The molecule has 6 heteroatoms. The lowest BCUT2D eigenvalue weighted by molar-refractivity contribution is -0.117. The monoisotopic (exact) mass is 253 g/mol. The standard InChI is InChI=1S/C11H15N3O2S/c1-2-8(10(12)16)17-11-13-9(15)5-6-14(11)7-3-4-7/h5-8H,2-4H2,1H3,(H2,12,16). The highest BCUT2D eigenvalue weighted by Gasteiger charge is 2.27. The first-order valence-corrected chi connectivity index (χ1v) is 6.55. The van der Waals surface area contributed by atoms with E-state index in [1.54, 1.807) is 6.20 Å². The Hall–Kier alpha value is -1.30. The quantitative estimate of drug-likeness (QED) is 0.625. The normalized spacial score (nSPS) is 16.8. The van der Waals surface area contributed by atoms with Crippen LogP contribution in [0.15, 0.2) is 22.2 Å². The summed E-state index contributed by atoms with van der Waals surface area (Å²) in [6.07, 6.45) is 4.59. The Morgan fingerprint density at radius 2 is 2.41 bits per heavy atom. The number of hydrogen-bond donors (Lipinski definition) is 1. The van der Waals surface area contributed by atoms with Crippen molar-refractivity contribution in [3.63, 3.8) is 0 Å². The highest BCUT2D eigenvalue weighted by molar-refractivity contribution is 8.00. The van der Waals surface area contributed by atoms with E-state index in [0.717, 1.165) is 12.8 Å². The molecule has 1 saturated carbocycles. The third kappa shape index (κ3) is 2.88. The molecule has 1 atom stereocenters. The highest BCUT2D eigenvalue weighted by Crippen LogP contribution is 2.37. The van der Waals surface area contributed by atoms with E-state index >= 15 is 0 Å². The number of aromatic nitrogens is 2. The summed E-state index contributed by atoms with van der Waals surface area (Å²) in [4.78, 5) is 26.4. The van der Waals surface area contributed by atoms with Crippen LogP contribution < -0.4 is 11.3 Å². The van der Waals surface area contributed by atoms with Crippen molar-refractivity contribution < 1.29 is 4.79 Å². The van der Waals surface area contributed by atoms with Crippen LogP contribution in [0.5, 0.6) is 0 Å². The maximum absolute atomic E-state index is 11.3. The minimum Gasteiger partial charge on any atom is -0.369 e. The number of carbonyl (C=O) groups excluding carboxylic acids is 1. The van der Waals surface area contributed by atoms with E-state index in [9.17, 15) is 9.59 Å². The first kappa shape index (κ1) is 12.2. The Labute approximate surface area is 103 Å². The summed E-state index contributed by atoms with van der Waals surface area (Å²) in [5.74, 6) is -0.363. The van der Waals surface area contributed by atoms with Crippen LogP contribution in [-0.2, 0) is 4.79 Å². The number of hydrogen-bond acceptors (Lipinski definition) is 4. The molecule has 2 N–H and O–H groups in total. The second kappa shape index (κ2) is 4.91. The molecular weight excluding hydrogens is 238 g/mol. The lowest BCUT2D eigenvalue weighted by Gasteiger charge is -2.14. The predicted octanol–water partition coefficient (Wildman–Crippen LogP) is 0.934. The average Bonchev–Trinajstić information content (AvgIpc) is 3.09. The van der Waals surface area contributed by atoms with E-state index in [1.165, 1.54) is 17.8 Å². The van der Waals surface area contributed by atoms with E-state index in [-0.39, 0.29) is 16.7 Å². The van der Waals surface area contributed by atoms with Gasteiger partial charge in [-0.3, -0.25) is 9.59 Å². The van der Waals surface area contributed by atoms with Gasteiger partial charge in [0.25, 0.3) is 5.56 Å². The van der Waals surface area contributed by atoms with Gasteiger partial charge in [-0.25, -0.2) is 0 Å². The van der Waals surface area contributed by atoms with Crippen LogP contribution in [-0.4, -0.2) is 20.7 Å². The van der Waals surface area contributed by atoms with Crippen molar-refractivity contribution in [3.05, 3.63) is 22.6 Å². The second-order valence-corrected chi connectivity index (χ2v) is 5.27. The average molecular weight is 253 g/mol. The predicted molar refractivity (Wildman–Crippen MR) is 65.9 cm³/mol. The summed E-state index contributed by atoms with van der Waals surface area (Å²) < 4.78 is 1.97. The van der Waals surface area contributed by atoms with Crippen molar-refractivity contribution >= 4 is 17.7 Å². The highest BCUT2D eigenvalue weighted by atomic mass is 32.2. The largest absolute Gasteiger partial charge is 0.369 e. The van der Waals surface area contributed by atoms with Gasteiger partial charge in [-0.15, -0.1) is 0 Å². The molecule has 0 saturated heterocycles. The molecule has 92 valence electrons. The molecule has 0 aliphatic heterocycles. The van der Waals surface area contributed by atoms with Gasteiger partial charge in [0.05, 0.1) is 5.25 Å². The molecule has 17 heavy (non-hydrogen) atoms. The molecular formula is C11H15N3O2S. The first-order chi connectivity index (χ1) is 8.11. The van der Waals surface area contributed by atoms with Gasteiger partial charge < -0.3 is 10.3 Å². The van der Waals surface area contributed by atoms with Crippen LogP contribution >= 0.6 is 11.8 Å². The third-order valence-electron chi connectivity index (χ3n) is 2.68. The van der Waals surface area contributed by atoms with Gasteiger partial charge in [-0.05, 0) is 19.3 Å². The zero-order chi connectivity index (χ0) is 12.4. The summed E-state index contributed by atoms with van der Waals surface area (Å²) in [6, 6.07) is 1.88. The molecule has 1 amide bonds. The summed E-state index contributed by atoms with van der Waals surface area (Å²) in [7, 11) is 0. The Bertz CT molecular complexity index is 482. The van der Waals surface area contributed by atoms with Gasteiger partial charge in [0.2, 0.25) is 5.91 Å². The van der Waals surface area contributed by atoms with Crippen molar-refractivity contribution in [2.24, 2.45) is 5.73 Å². The first-order valence-electron chi connectivity index (χ1n) is 5.67. The molecule has 1 aromatic rings. The lowest BCUT2D eigenvalue weighted by Crippen LogP contribution is -2.26. The number of rotatable bonds is 5. The molecule has 1 aromatic heterocycles. The third-order valence-corrected chi connectivity index (χ3v) is 4.04. The summed E-state index contributed by atoms with van der Waals surface area (Å²) in [5.41, 5.74) is 5.03. The maximum atomic E-state index is 11.3. The van der Waals surface area contributed by atoms with E-state index in [0.29, 0.717) is 17.6 Å². The van der Waals surface area contributed by atoms with Gasteiger partial charge in [-0.1, -0.05) is 18.7 Å². The second-order valence-electron chi connectivity index (χ2n) is 4.10. The van der Waals surface area contributed by atoms with Crippen molar-refractivity contribution in [1.82, 2.24) is 9.55 Å². The van der Waals surface area contributed by atoms with E-state index in [4.69, 9.17) is 5.73 Å². The van der Waals surface area contributed by atoms with Crippen LogP contribution in [0.4, 0.5) is 0 Å². The van der Waals surface area contributed by atoms with Crippen molar-refractivity contribution in [3.8, 4) is 0 Å². The minimum atomic E-state index is -0.363. The van der Waals surface area contributed by atoms with Gasteiger partial charge in [0.1, 0.15) is 0 Å². The van der Waals surface area contributed by atoms with Crippen LogP contribution in [0.2, 0.25) is 0 Å². The van der Waals surface area contributed by atoms with Gasteiger partial charge >= 0.3 is 0 Å². The number of carbonyl (C=O) groups is 1. The molecule has 0 bridgehead atoms. The molecule has 1 aliphatic carbocycles. The van der Waals surface area contributed by atoms with E-state index < -0.39 is 0 Å². The Morgan fingerprint density at radius 3 is 2.94 bits per heavy atom. The summed E-state index contributed by atoms with van der Waals surface area (Å²) in [6.45, 7) is 1.89. The van der Waals surface area contributed by atoms with Gasteiger partial charge in [0, 0.05) is 18.3 Å². The van der Waals surface area contributed by atoms with Crippen LogP contribution in [0.3, 0.4) is 0 Å². The summed E-state index contributed by atoms with van der Waals surface area (Å²) in [5, 5.41) is 0.278. The van der Waals surface area contributed by atoms with Crippen molar-refractivity contribution in [1.29, 1.82) is 0 Å². The Kier molecular flexibility index (Phi) is 3.51. The number of amides is 1. The fourth-order valence-corrected chi connectivity index (χ4v) is 2.60. The minimum absolute atomic E-state index is 0.274. The zero-order valence-corrected chi connectivity index (χ0v) is 10.4. The Balaban J connectivity index is 2.26. The SMILES string of the molecule is CCC(Sc1nc(=O)ccn1C1CC1)C(N)=O. The molecule has 0 radical (unpaired) electrons. The smallest absolute Gasteiger partial charge is 0.273 e. The molecule has 2 rings (SSSR count). The molecule has 1 unspecified atom stereocenters. The molecule has 1 aliphatic rings.